The molecule has 0 fully saturated rings. The standard InChI is InChI=1S/C21H20Cl2N2O3/c1-4-13(2)28-20-18(23)9-14(10-19(20)27-3)8-15(12-24)21(26)25-17-7-5-6-16(22)11-17/h5-11,13H,4H2,1-3H3,(H,25,26)/b15-8-/t13-/m1/s1. The van der Waals surface area contributed by atoms with Crippen molar-refractivity contribution < 1.29 is 14.3 Å². The van der Waals surface area contributed by atoms with Gasteiger partial charge in [-0.1, -0.05) is 36.2 Å². The Morgan fingerprint density at radius 1 is 1.32 bits per heavy atom. The van der Waals surface area contributed by atoms with E-state index in [0.717, 1.165) is 6.42 Å². The van der Waals surface area contributed by atoms with E-state index in [0.29, 0.717) is 32.8 Å². The normalized spacial score (nSPS) is 12.1. The molecule has 0 aromatic heterocycles. The molecular weight excluding hydrogens is 399 g/mol. The third kappa shape index (κ3) is 5.66. The molecule has 0 unspecified atom stereocenters. The average molecular weight is 419 g/mol. The van der Waals surface area contributed by atoms with E-state index in [2.05, 4.69) is 5.32 Å². The van der Waals surface area contributed by atoms with Crippen molar-refractivity contribution in [2.75, 3.05) is 12.4 Å². The number of carbonyl (C=O) groups is 1. The van der Waals surface area contributed by atoms with Crippen molar-refractivity contribution in [2.45, 2.75) is 26.4 Å². The highest BCUT2D eigenvalue weighted by molar-refractivity contribution is 6.32. The van der Waals surface area contributed by atoms with Crippen LogP contribution in [0.15, 0.2) is 42.0 Å². The van der Waals surface area contributed by atoms with Crippen molar-refractivity contribution in [3.63, 3.8) is 0 Å². The predicted molar refractivity (Wildman–Crippen MR) is 112 cm³/mol. The molecule has 0 saturated carbocycles. The van der Waals surface area contributed by atoms with Crippen LogP contribution in [-0.4, -0.2) is 19.1 Å². The van der Waals surface area contributed by atoms with E-state index >= 15 is 0 Å². The van der Waals surface area contributed by atoms with E-state index in [4.69, 9.17) is 32.7 Å². The topological polar surface area (TPSA) is 71.3 Å². The van der Waals surface area contributed by atoms with Gasteiger partial charge >= 0.3 is 0 Å². The quantitative estimate of drug-likeness (QED) is 0.460. The zero-order chi connectivity index (χ0) is 20.7. The molecule has 0 bridgehead atoms. The van der Waals surface area contributed by atoms with Gasteiger partial charge in [-0.05, 0) is 55.3 Å². The SMILES string of the molecule is CC[C@@H](C)Oc1c(Cl)cc(/C=C(/C#N)C(=O)Nc2cccc(Cl)c2)cc1OC. The average Bonchev–Trinajstić information content (AvgIpc) is 2.67. The Balaban J connectivity index is 2.31. The van der Waals surface area contributed by atoms with Gasteiger partial charge in [0.05, 0.1) is 18.2 Å². The van der Waals surface area contributed by atoms with Gasteiger partial charge in [-0.15, -0.1) is 0 Å². The summed E-state index contributed by atoms with van der Waals surface area (Å²) in [5.74, 6) is 0.295. The van der Waals surface area contributed by atoms with Gasteiger partial charge in [0, 0.05) is 10.7 Å². The van der Waals surface area contributed by atoms with Crippen molar-refractivity contribution in [3.8, 4) is 17.6 Å². The molecule has 2 rings (SSSR count). The number of anilines is 1. The Labute approximate surface area is 174 Å². The van der Waals surface area contributed by atoms with Crippen LogP contribution in [0.4, 0.5) is 5.69 Å². The summed E-state index contributed by atoms with van der Waals surface area (Å²) in [6.07, 6.45) is 2.20. The third-order valence-corrected chi connectivity index (χ3v) is 4.42. The maximum Gasteiger partial charge on any atom is 0.266 e. The molecule has 28 heavy (non-hydrogen) atoms. The molecule has 0 aliphatic heterocycles. The van der Waals surface area contributed by atoms with Crippen LogP contribution in [0.3, 0.4) is 0 Å². The number of hydrogen-bond acceptors (Lipinski definition) is 4. The molecule has 0 radical (unpaired) electrons. The smallest absolute Gasteiger partial charge is 0.266 e. The number of rotatable bonds is 7. The predicted octanol–water partition coefficient (Wildman–Crippen LogP) is 5.72. The maximum absolute atomic E-state index is 12.4. The van der Waals surface area contributed by atoms with E-state index in [1.165, 1.54) is 13.2 Å². The number of benzene rings is 2. The number of nitriles is 1. The Hall–Kier alpha value is -2.68. The van der Waals surface area contributed by atoms with E-state index in [1.807, 2.05) is 19.9 Å². The summed E-state index contributed by atoms with van der Waals surface area (Å²) < 4.78 is 11.2. The van der Waals surface area contributed by atoms with Gasteiger partial charge in [0.1, 0.15) is 11.6 Å². The molecule has 5 nitrogen and oxygen atoms in total. The Kier molecular flexibility index (Phi) is 7.74. The van der Waals surface area contributed by atoms with Crippen LogP contribution in [0.5, 0.6) is 11.5 Å². The number of halogens is 2. The van der Waals surface area contributed by atoms with Crippen molar-refractivity contribution in [3.05, 3.63) is 57.6 Å². The summed E-state index contributed by atoms with van der Waals surface area (Å²) in [5, 5.41) is 12.8. The second kappa shape index (κ2) is 10.0. The lowest BCUT2D eigenvalue weighted by Gasteiger charge is -2.17. The molecule has 0 saturated heterocycles. The molecule has 0 heterocycles. The monoisotopic (exact) mass is 418 g/mol. The summed E-state index contributed by atoms with van der Waals surface area (Å²) >= 11 is 12.2. The fourth-order valence-corrected chi connectivity index (χ4v) is 2.76. The molecule has 7 heteroatoms. The van der Waals surface area contributed by atoms with Gasteiger partial charge < -0.3 is 14.8 Å². The number of methoxy groups -OCH3 is 1. The minimum Gasteiger partial charge on any atom is -0.493 e. The molecule has 0 aliphatic rings. The van der Waals surface area contributed by atoms with Crippen LogP contribution in [0.25, 0.3) is 6.08 Å². The molecule has 0 spiro atoms. The second-order valence-corrected chi connectivity index (χ2v) is 6.85. The first-order valence-corrected chi connectivity index (χ1v) is 9.36. The highest BCUT2D eigenvalue weighted by Gasteiger charge is 2.16. The van der Waals surface area contributed by atoms with Gasteiger partial charge in [-0.2, -0.15) is 5.26 Å². The number of carbonyl (C=O) groups excluding carboxylic acids is 1. The molecule has 1 amide bonds. The van der Waals surface area contributed by atoms with E-state index in [1.54, 1.807) is 36.4 Å². The number of hydrogen-bond donors (Lipinski definition) is 1. The van der Waals surface area contributed by atoms with Crippen molar-refractivity contribution >= 4 is 40.9 Å². The largest absolute Gasteiger partial charge is 0.493 e. The minimum absolute atomic E-state index is 0.0362. The molecule has 1 N–H and O–H groups in total. The van der Waals surface area contributed by atoms with E-state index < -0.39 is 5.91 Å². The first-order valence-electron chi connectivity index (χ1n) is 8.60. The summed E-state index contributed by atoms with van der Waals surface area (Å²) in [6.45, 7) is 3.93. The van der Waals surface area contributed by atoms with Gasteiger partial charge in [-0.25, -0.2) is 0 Å². The number of amides is 1. The number of nitrogens with zero attached hydrogens (tertiary/aromatic N) is 1. The lowest BCUT2D eigenvalue weighted by atomic mass is 10.1. The van der Waals surface area contributed by atoms with Crippen LogP contribution in [-0.2, 0) is 4.79 Å². The van der Waals surface area contributed by atoms with Gasteiger partial charge in [0.15, 0.2) is 11.5 Å². The van der Waals surface area contributed by atoms with E-state index in [-0.39, 0.29) is 11.7 Å². The van der Waals surface area contributed by atoms with Crippen molar-refractivity contribution in [1.29, 1.82) is 5.26 Å². The summed E-state index contributed by atoms with van der Waals surface area (Å²) in [7, 11) is 1.50. The first-order chi connectivity index (χ1) is 13.4. The Morgan fingerprint density at radius 3 is 2.68 bits per heavy atom. The lowest BCUT2D eigenvalue weighted by molar-refractivity contribution is -0.112. The fourth-order valence-electron chi connectivity index (χ4n) is 2.30. The molecule has 146 valence electrons. The summed E-state index contributed by atoms with van der Waals surface area (Å²) in [6, 6.07) is 11.8. The van der Waals surface area contributed by atoms with Gasteiger partial charge in [0.25, 0.3) is 5.91 Å². The first kappa shape index (κ1) is 21.6. The highest BCUT2D eigenvalue weighted by Crippen LogP contribution is 2.38. The third-order valence-electron chi connectivity index (χ3n) is 3.90. The summed E-state index contributed by atoms with van der Waals surface area (Å²) in [5.41, 5.74) is 0.941. The van der Waals surface area contributed by atoms with Crippen LogP contribution >= 0.6 is 23.2 Å². The number of ether oxygens (including phenoxy) is 2. The molecule has 0 aliphatic carbocycles. The highest BCUT2D eigenvalue weighted by atomic mass is 35.5. The van der Waals surface area contributed by atoms with Crippen molar-refractivity contribution in [2.24, 2.45) is 0 Å². The van der Waals surface area contributed by atoms with Crippen LogP contribution in [0.2, 0.25) is 10.0 Å². The maximum atomic E-state index is 12.4. The van der Waals surface area contributed by atoms with Crippen LogP contribution in [0.1, 0.15) is 25.8 Å². The molecule has 2 aromatic rings. The number of nitrogens with one attached hydrogen (secondary N) is 1. The molecular formula is C21H20Cl2N2O3. The second-order valence-electron chi connectivity index (χ2n) is 6.01. The minimum atomic E-state index is -0.556. The zero-order valence-electron chi connectivity index (χ0n) is 15.8. The summed E-state index contributed by atoms with van der Waals surface area (Å²) in [4.78, 5) is 12.4. The zero-order valence-corrected chi connectivity index (χ0v) is 17.3. The van der Waals surface area contributed by atoms with Gasteiger partial charge in [0.2, 0.25) is 0 Å². The van der Waals surface area contributed by atoms with E-state index in [9.17, 15) is 10.1 Å². The Morgan fingerprint density at radius 2 is 2.07 bits per heavy atom. The van der Waals surface area contributed by atoms with Crippen LogP contribution in [0, 0.1) is 11.3 Å². The van der Waals surface area contributed by atoms with Crippen molar-refractivity contribution in [1.82, 2.24) is 0 Å². The molecule has 1 atom stereocenters. The fraction of sp³-hybridized carbons (Fsp3) is 0.238. The van der Waals surface area contributed by atoms with Crippen LogP contribution < -0.4 is 14.8 Å². The van der Waals surface area contributed by atoms with Gasteiger partial charge in [-0.3, -0.25) is 4.79 Å². The Bertz CT molecular complexity index is 936. The molecule has 2 aromatic carbocycles. The lowest BCUT2D eigenvalue weighted by Crippen LogP contribution is -2.13.